The van der Waals surface area contributed by atoms with Gasteiger partial charge < -0.3 is 5.32 Å². The van der Waals surface area contributed by atoms with E-state index in [2.05, 4.69) is 21.2 Å². The summed E-state index contributed by atoms with van der Waals surface area (Å²) in [7, 11) is -3.78. The Hall–Kier alpha value is -0.730. The van der Waals surface area contributed by atoms with Crippen molar-refractivity contribution in [2.24, 2.45) is 0 Å². The minimum Gasteiger partial charge on any atom is -0.317 e. The average Bonchev–Trinajstić information content (AvgIpc) is 2.35. The summed E-state index contributed by atoms with van der Waals surface area (Å²) in [6.07, 6.45) is 0.851. The van der Waals surface area contributed by atoms with E-state index in [0.717, 1.165) is 12.1 Å². The average molecular weight is 355 g/mol. The molecule has 0 radical (unpaired) electrons. The largest absolute Gasteiger partial charge is 0.317 e. The van der Waals surface area contributed by atoms with Gasteiger partial charge in [-0.1, -0.05) is 15.9 Å². The Morgan fingerprint density at radius 2 is 1.74 bits per heavy atom. The van der Waals surface area contributed by atoms with Crippen molar-refractivity contribution < 1.29 is 17.2 Å². The molecule has 1 aromatic rings. The number of rotatable bonds is 3. The normalized spacial score (nSPS) is 17.4. The molecule has 1 aliphatic rings. The van der Waals surface area contributed by atoms with Crippen molar-refractivity contribution in [3.05, 3.63) is 28.2 Å². The van der Waals surface area contributed by atoms with Crippen LogP contribution in [0.2, 0.25) is 0 Å². The Morgan fingerprint density at radius 1 is 1.21 bits per heavy atom. The molecule has 2 N–H and O–H groups in total. The minimum atomic E-state index is -3.78. The van der Waals surface area contributed by atoms with Gasteiger partial charge in [-0.25, -0.2) is 17.2 Å². The zero-order valence-corrected chi connectivity index (χ0v) is 12.3. The molecule has 0 unspecified atom stereocenters. The molecule has 1 fully saturated rings. The second-order valence-corrected chi connectivity index (χ2v) is 7.22. The first-order chi connectivity index (χ1) is 8.90. The van der Waals surface area contributed by atoms with Crippen molar-refractivity contribution in [3.63, 3.8) is 0 Å². The predicted octanol–water partition coefficient (Wildman–Crippen LogP) is 2.22. The molecule has 19 heavy (non-hydrogen) atoms. The van der Waals surface area contributed by atoms with Gasteiger partial charge in [-0.15, -0.1) is 0 Å². The van der Waals surface area contributed by atoms with E-state index >= 15 is 0 Å². The Balaban J connectivity index is 2.25. The van der Waals surface area contributed by atoms with Crippen LogP contribution in [0, 0.1) is 11.6 Å². The molecular weight excluding hydrogens is 342 g/mol. The molecule has 0 atom stereocenters. The van der Waals surface area contributed by atoms with Gasteiger partial charge in [-0.05, 0) is 38.1 Å². The van der Waals surface area contributed by atoms with Crippen LogP contribution in [0.1, 0.15) is 12.8 Å². The van der Waals surface area contributed by atoms with Gasteiger partial charge >= 0.3 is 0 Å². The number of halogens is 3. The smallest absolute Gasteiger partial charge is 0.235 e. The molecule has 1 aromatic carbocycles. The molecule has 2 rings (SSSR count). The first-order valence-corrected chi connectivity index (χ1v) is 8.11. The second-order valence-electron chi connectivity index (χ2n) is 4.34. The SMILES string of the molecule is O=S(=O)(Nc1c(F)cc(Br)cc1F)C1CCNCC1. The van der Waals surface area contributed by atoms with E-state index in [1.165, 1.54) is 0 Å². The third-order valence-corrected chi connectivity index (χ3v) is 5.27. The number of hydrogen-bond acceptors (Lipinski definition) is 3. The Bertz CT molecular complexity index is 551. The second kappa shape index (κ2) is 5.72. The molecule has 0 bridgehead atoms. The number of sulfonamides is 1. The highest BCUT2D eigenvalue weighted by Crippen LogP contribution is 2.26. The quantitative estimate of drug-likeness (QED) is 0.874. The molecule has 0 aromatic heterocycles. The first-order valence-electron chi connectivity index (χ1n) is 5.77. The van der Waals surface area contributed by atoms with Crippen LogP contribution in [0.25, 0.3) is 0 Å². The maximum absolute atomic E-state index is 13.6. The zero-order chi connectivity index (χ0) is 14.0. The molecule has 0 saturated carbocycles. The number of nitrogens with one attached hydrogen (secondary N) is 2. The highest BCUT2D eigenvalue weighted by molar-refractivity contribution is 9.10. The van der Waals surface area contributed by atoms with Gasteiger partial charge in [0.05, 0.1) is 5.25 Å². The minimum absolute atomic E-state index is 0.215. The standard InChI is InChI=1S/C11H13BrF2N2O2S/c12-7-5-9(13)11(10(14)6-7)16-19(17,18)8-1-3-15-4-2-8/h5-6,8,15-16H,1-4H2. The van der Waals surface area contributed by atoms with Crippen molar-refractivity contribution >= 4 is 31.6 Å². The van der Waals surface area contributed by atoms with E-state index in [1.807, 2.05) is 4.72 Å². The van der Waals surface area contributed by atoms with E-state index < -0.39 is 32.6 Å². The monoisotopic (exact) mass is 354 g/mol. The maximum Gasteiger partial charge on any atom is 0.235 e. The van der Waals surface area contributed by atoms with Crippen molar-refractivity contribution in [2.75, 3.05) is 17.8 Å². The summed E-state index contributed by atoms with van der Waals surface area (Å²) in [4.78, 5) is 0. The van der Waals surface area contributed by atoms with Crippen molar-refractivity contribution in [1.29, 1.82) is 0 Å². The summed E-state index contributed by atoms with van der Waals surface area (Å²) in [5.74, 6) is -1.88. The van der Waals surface area contributed by atoms with Gasteiger partial charge in [0.15, 0.2) is 11.6 Å². The highest BCUT2D eigenvalue weighted by Gasteiger charge is 2.28. The van der Waals surface area contributed by atoms with Gasteiger partial charge in [0.2, 0.25) is 10.0 Å². The number of benzene rings is 1. The van der Waals surface area contributed by atoms with Crippen molar-refractivity contribution in [3.8, 4) is 0 Å². The molecule has 106 valence electrons. The van der Waals surface area contributed by atoms with Gasteiger partial charge in [0.1, 0.15) is 5.69 Å². The third kappa shape index (κ3) is 3.43. The van der Waals surface area contributed by atoms with Gasteiger partial charge in [-0.2, -0.15) is 0 Å². The van der Waals surface area contributed by atoms with E-state index in [-0.39, 0.29) is 4.47 Å². The lowest BCUT2D eigenvalue weighted by molar-refractivity contribution is 0.498. The van der Waals surface area contributed by atoms with Crippen LogP contribution in [0.3, 0.4) is 0 Å². The summed E-state index contributed by atoms with van der Waals surface area (Å²) in [6.45, 7) is 1.16. The van der Waals surface area contributed by atoms with E-state index in [1.54, 1.807) is 0 Å². The summed E-state index contributed by atoms with van der Waals surface area (Å²) in [5, 5.41) is 2.41. The molecular formula is C11H13BrF2N2O2S. The van der Waals surface area contributed by atoms with E-state index in [4.69, 9.17) is 0 Å². The van der Waals surface area contributed by atoms with Crippen LogP contribution in [-0.4, -0.2) is 26.8 Å². The molecule has 0 aliphatic carbocycles. The fraction of sp³-hybridized carbons (Fsp3) is 0.455. The predicted molar refractivity (Wildman–Crippen MR) is 72.5 cm³/mol. The summed E-state index contributed by atoms with van der Waals surface area (Å²) >= 11 is 2.94. The molecule has 1 aliphatic heterocycles. The van der Waals surface area contributed by atoms with Gasteiger partial charge in [0, 0.05) is 4.47 Å². The van der Waals surface area contributed by atoms with Crippen LogP contribution in [-0.2, 0) is 10.0 Å². The molecule has 0 spiro atoms. The molecule has 4 nitrogen and oxygen atoms in total. The van der Waals surface area contributed by atoms with Crippen LogP contribution >= 0.6 is 15.9 Å². The molecule has 1 heterocycles. The first kappa shape index (κ1) is 14.7. The summed E-state index contributed by atoms with van der Waals surface area (Å²) in [6, 6.07) is 2.03. The summed E-state index contributed by atoms with van der Waals surface area (Å²) in [5.41, 5.74) is -0.623. The molecule has 8 heteroatoms. The van der Waals surface area contributed by atoms with Crippen LogP contribution in [0.4, 0.5) is 14.5 Å². The van der Waals surface area contributed by atoms with E-state index in [9.17, 15) is 17.2 Å². The van der Waals surface area contributed by atoms with E-state index in [0.29, 0.717) is 25.9 Å². The maximum atomic E-state index is 13.6. The topological polar surface area (TPSA) is 58.2 Å². The number of anilines is 1. The number of hydrogen-bond donors (Lipinski definition) is 2. The summed E-state index contributed by atoms with van der Waals surface area (Å²) < 4.78 is 53.6. The van der Waals surface area contributed by atoms with Crippen LogP contribution < -0.4 is 10.0 Å². The van der Waals surface area contributed by atoms with Gasteiger partial charge in [-0.3, -0.25) is 4.72 Å². The fourth-order valence-electron chi connectivity index (χ4n) is 1.97. The lowest BCUT2D eigenvalue weighted by Crippen LogP contribution is -2.38. The number of piperidine rings is 1. The zero-order valence-electron chi connectivity index (χ0n) is 9.92. The Labute approximate surface area is 118 Å². The fourth-order valence-corrected chi connectivity index (χ4v) is 3.88. The highest BCUT2D eigenvalue weighted by atomic mass is 79.9. The van der Waals surface area contributed by atoms with Gasteiger partial charge in [0.25, 0.3) is 0 Å². The van der Waals surface area contributed by atoms with Crippen molar-refractivity contribution in [2.45, 2.75) is 18.1 Å². The molecule has 0 amide bonds. The third-order valence-electron chi connectivity index (χ3n) is 2.98. The Kier molecular flexibility index (Phi) is 4.42. The lowest BCUT2D eigenvalue weighted by atomic mass is 10.2. The van der Waals surface area contributed by atoms with Crippen LogP contribution in [0.15, 0.2) is 16.6 Å². The van der Waals surface area contributed by atoms with Crippen LogP contribution in [0.5, 0.6) is 0 Å². The lowest BCUT2D eigenvalue weighted by Gasteiger charge is -2.23. The van der Waals surface area contributed by atoms with Crippen molar-refractivity contribution in [1.82, 2.24) is 5.32 Å². The molecule has 1 saturated heterocycles. The Morgan fingerprint density at radius 3 is 2.26 bits per heavy atom.